The first kappa shape index (κ1) is 14.9. The second kappa shape index (κ2) is 7.29. The van der Waals surface area contributed by atoms with Gasteiger partial charge in [0.1, 0.15) is 0 Å². The first-order valence-electron chi connectivity index (χ1n) is 7.57. The molecular weight excluding hydrogens is 250 g/mol. The zero-order valence-corrected chi connectivity index (χ0v) is 12.5. The van der Waals surface area contributed by atoms with Crippen molar-refractivity contribution in [3.8, 4) is 0 Å². The lowest BCUT2D eigenvalue weighted by molar-refractivity contribution is -0.122. The number of nitrogens with one attached hydrogen (secondary N) is 2. The molecule has 0 radical (unpaired) electrons. The van der Waals surface area contributed by atoms with Gasteiger partial charge in [-0.05, 0) is 38.0 Å². The molecular formula is C16H25N3O. The zero-order valence-electron chi connectivity index (χ0n) is 12.5. The minimum absolute atomic E-state index is 0.173. The molecule has 110 valence electrons. The van der Waals surface area contributed by atoms with E-state index >= 15 is 0 Å². The van der Waals surface area contributed by atoms with E-state index in [0.29, 0.717) is 12.5 Å². The molecule has 0 bridgehead atoms. The summed E-state index contributed by atoms with van der Waals surface area (Å²) in [5.41, 5.74) is 2.57. The molecule has 1 heterocycles. The maximum atomic E-state index is 11.1. The number of hydrogen-bond donors (Lipinski definition) is 2. The molecule has 2 N–H and O–H groups in total. The smallest absolute Gasteiger partial charge is 0.220 e. The first-order chi connectivity index (χ1) is 9.72. The van der Waals surface area contributed by atoms with Crippen molar-refractivity contribution in [2.75, 3.05) is 24.5 Å². The second-order valence-corrected chi connectivity index (χ2v) is 5.26. The molecule has 0 aromatic heterocycles. The molecule has 1 atom stereocenters. The monoisotopic (exact) mass is 275 g/mol. The third kappa shape index (κ3) is 3.97. The van der Waals surface area contributed by atoms with E-state index in [9.17, 15) is 4.79 Å². The summed E-state index contributed by atoms with van der Waals surface area (Å²) in [6, 6.07) is 9.14. The Labute approximate surface area is 121 Å². The maximum Gasteiger partial charge on any atom is 0.220 e. The summed E-state index contributed by atoms with van der Waals surface area (Å²) in [5.74, 6) is 0.173. The van der Waals surface area contributed by atoms with Crippen LogP contribution in [0.3, 0.4) is 0 Å². The van der Waals surface area contributed by atoms with Gasteiger partial charge in [-0.15, -0.1) is 0 Å². The molecule has 1 aliphatic heterocycles. The Morgan fingerprint density at radius 1 is 1.25 bits per heavy atom. The fraction of sp³-hybridized carbons (Fsp3) is 0.562. The van der Waals surface area contributed by atoms with Crippen LogP contribution in [0.2, 0.25) is 0 Å². The molecule has 4 nitrogen and oxygen atoms in total. The quantitative estimate of drug-likeness (QED) is 0.833. The average molecular weight is 275 g/mol. The van der Waals surface area contributed by atoms with Gasteiger partial charge in [-0.2, -0.15) is 0 Å². The van der Waals surface area contributed by atoms with Gasteiger partial charge in [0.25, 0.3) is 0 Å². The Morgan fingerprint density at radius 3 is 2.50 bits per heavy atom. The summed E-state index contributed by atoms with van der Waals surface area (Å²) < 4.78 is 0. The number of nitrogens with zero attached hydrogens (tertiary/aromatic N) is 1. The molecule has 1 amide bonds. The Morgan fingerprint density at radius 2 is 1.95 bits per heavy atom. The fourth-order valence-corrected chi connectivity index (χ4v) is 2.58. The molecule has 20 heavy (non-hydrogen) atoms. The third-order valence-electron chi connectivity index (χ3n) is 3.93. The van der Waals surface area contributed by atoms with E-state index in [1.54, 1.807) is 0 Å². The lowest BCUT2D eigenvalue weighted by Crippen LogP contribution is -2.45. The minimum Gasteiger partial charge on any atom is -0.372 e. The van der Waals surface area contributed by atoms with Crippen LogP contribution in [0.4, 0.5) is 5.69 Å². The van der Waals surface area contributed by atoms with E-state index in [0.717, 1.165) is 32.6 Å². The number of carbonyl (C=O) groups excluding carboxylic acids is 1. The highest BCUT2D eigenvalue weighted by molar-refractivity contribution is 5.76. The van der Waals surface area contributed by atoms with Gasteiger partial charge in [0.05, 0.1) is 0 Å². The summed E-state index contributed by atoms with van der Waals surface area (Å²) in [6.45, 7) is 8.04. The molecule has 1 fully saturated rings. The Kier molecular flexibility index (Phi) is 5.41. The standard InChI is InChI=1S/C16H25N3O/c1-3-19(4-2)15-8-5-13(6-9-15)11-17-14-7-10-16(20)18-12-14/h5-6,8-9,14,17H,3-4,7,10-12H2,1-2H3,(H,18,20). The molecule has 2 rings (SSSR count). The fourth-order valence-electron chi connectivity index (χ4n) is 2.58. The highest BCUT2D eigenvalue weighted by Gasteiger charge is 2.16. The molecule has 1 aromatic rings. The van der Waals surface area contributed by atoms with Crippen LogP contribution < -0.4 is 15.5 Å². The van der Waals surface area contributed by atoms with E-state index in [2.05, 4.69) is 53.6 Å². The SMILES string of the molecule is CCN(CC)c1ccc(CNC2CCC(=O)NC2)cc1. The van der Waals surface area contributed by atoms with Gasteiger partial charge in [-0.1, -0.05) is 12.1 Å². The molecule has 1 aliphatic rings. The van der Waals surface area contributed by atoms with Crippen molar-refractivity contribution in [1.82, 2.24) is 10.6 Å². The van der Waals surface area contributed by atoms with Gasteiger partial charge in [-0.3, -0.25) is 4.79 Å². The van der Waals surface area contributed by atoms with Crippen LogP contribution >= 0.6 is 0 Å². The summed E-state index contributed by atoms with van der Waals surface area (Å²) in [7, 11) is 0. The van der Waals surface area contributed by atoms with E-state index in [1.807, 2.05) is 0 Å². The number of carbonyl (C=O) groups is 1. The summed E-state index contributed by atoms with van der Waals surface area (Å²) in [4.78, 5) is 13.4. The van der Waals surface area contributed by atoms with E-state index in [4.69, 9.17) is 0 Å². The predicted octanol–water partition coefficient (Wildman–Crippen LogP) is 1.90. The van der Waals surface area contributed by atoms with Crippen molar-refractivity contribution in [3.05, 3.63) is 29.8 Å². The maximum absolute atomic E-state index is 11.1. The van der Waals surface area contributed by atoms with Crippen molar-refractivity contribution in [1.29, 1.82) is 0 Å². The van der Waals surface area contributed by atoms with Crippen molar-refractivity contribution in [2.24, 2.45) is 0 Å². The predicted molar refractivity (Wildman–Crippen MR) is 82.9 cm³/mol. The van der Waals surface area contributed by atoms with Crippen LogP contribution in [0.5, 0.6) is 0 Å². The normalized spacial score (nSPS) is 18.7. The lowest BCUT2D eigenvalue weighted by atomic mass is 10.1. The summed E-state index contributed by atoms with van der Waals surface area (Å²) in [5, 5.41) is 6.41. The number of benzene rings is 1. The highest BCUT2D eigenvalue weighted by Crippen LogP contribution is 2.15. The topological polar surface area (TPSA) is 44.4 Å². The van der Waals surface area contributed by atoms with Crippen LogP contribution in [-0.4, -0.2) is 31.6 Å². The van der Waals surface area contributed by atoms with Crippen LogP contribution in [0.1, 0.15) is 32.3 Å². The number of piperidine rings is 1. The number of rotatable bonds is 6. The summed E-state index contributed by atoms with van der Waals surface area (Å²) in [6.07, 6.45) is 1.57. The van der Waals surface area contributed by atoms with Crippen LogP contribution in [0.25, 0.3) is 0 Å². The Hall–Kier alpha value is -1.55. The van der Waals surface area contributed by atoms with Crippen molar-refractivity contribution < 1.29 is 4.79 Å². The van der Waals surface area contributed by atoms with Gasteiger partial charge in [0.2, 0.25) is 5.91 Å². The number of amides is 1. The number of anilines is 1. The largest absolute Gasteiger partial charge is 0.372 e. The molecule has 0 spiro atoms. The Bertz CT molecular complexity index is 416. The van der Waals surface area contributed by atoms with Crippen LogP contribution in [-0.2, 0) is 11.3 Å². The van der Waals surface area contributed by atoms with Crippen molar-refractivity contribution in [3.63, 3.8) is 0 Å². The zero-order chi connectivity index (χ0) is 14.4. The van der Waals surface area contributed by atoms with Crippen molar-refractivity contribution in [2.45, 2.75) is 39.3 Å². The van der Waals surface area contributed by atoms with Crippen LogP contribution in [0, 0.1) is 0 Å². The summed E-state index contributed by atoms with van der Waals surface area (Å²) >= 11 is 0. The van der Waals surface area contributed by atoms with Crippen molar-refractivity contribution >= 4 is 11.6 Å². The third-order valence-corrected chi connectivity index (χ3v) is 3.93. The van der Waals surface area contributed by atoms with Gasteiger partial charge in [-0.25, -0.2) is 0 Å². The van der Waals surface area contributed by atoms with E-state index in [-0.39, 0.29) is 5.91 Å². The molecule has 0 aliphatic carbocycles. The second-order valence-electron chi connectivity index (χ2n) is 5.26. The van der Waals surface area contributed by atoms with Gasteiger partial charge in [0.15, 0.2) is 0 Å². The van der Waals surface area contributed by atoms with Crippen LogP contribution in [0.15, 0.2) is 24.3 Å². The van der Waals surface area contributed by atoms with E-state index < -0.39 is 0 Å². The lowest BCUT2D eigenvalue weighted by Gasteiger charge is -2.24. The molecule has 4 heteroatoms. The molecule has 1 unspecified atom stereocenters. The average Bonchev–Trinajstić information content (AvgIpc) is 2.49. The van der Waals surface area contributed by atoms with Gasteiger partial charge >= 0.3 is 0 Å². The van der Waals surface area contributed by atoms with Gasteiger partial charge < -0.3 is 15.5 Å². The Balaban J connectivity index is 1.83. The number of hydrogen-bond acceptors (Lipinski definition) is 3. The van der Waals surface area contributed by atoms with E-state index in [1.165, 1.54) is 11.3 Å². The molecule has 0 saturated carbocycles. The molecule has 1 aromatic carbocycles. The first-order valence-corrected chi connectivity index (χ1v) is 7.57. The van der Waals surface area contributed by atoms with Gasteiger partial charge in [0, 0.05) is 44.3 Å². The molecule has 1 saturated heterocycles. The minimum atomic E-state index is 0.173. The highest BCUT2D eigenvalue weighted by atomic mass is 16.1.